The van der Waals surface area contributed by atoms with E-state index in [2.05, 4.69) is 10.3 Å². The first-order valence-corrected chi connectivity index (χ1v) is 9.49. The van der Waals surface area contributed by atoms with Crippen LogP contribution in [0.4, 0.5) is 0 Å². The molecule has 1 atom stereocenters. The van der Waals surface area contributed by atoms with Gasteiger partial charge in [-0.1, -0.05) is 12.1 Å². The van der Waals surface area contributed by atoms with Crippen LogP contribution in [0.1, 0.15) is 9.67 Å². The van der Waals surface area contributed by atoms with E-state index in [4.69, 9.17) is 9.47 Å². The van der Waals surface area contributed by atoms with Crippen LogP contribution in [-0.2, 0) is 0 Å². The normalized spacial score (nSPS) is 16.4. The van der Waals surface area contributed by atoms with Gasteiger partial charge in [-0.15, -0.1) is 22.7 Å². The van der Waals surface area contributed by atoms with Gasteiger partial charge < -0.3 is 14.8 Å². The number of hydrogen-bond acceptors (Lipinski definition) is 6. The monoisotopic (exact) mass is 371 g/mol. The van der Waals surface area contributed by atoms with Crippen molar-refractivity contribution in [2.75, 3.05) is 13.2 Å². The highest BCUT2D eigenvalue weighted by Gasteiger charge is 2.22. The number of carbonyl (C=O) groups excluding carboxylic acids is 1. The molecule has 0 spiro atoms. The molecule has 0 bridgehead atoms. The Kier molecular flexibility index (Phi) is 3.39. The summed E-state index contributed by atoms with van der Waals surface area (Å²) >= 11 is 2.98. The van der Waals surface area contributed by atoms with Crippen LogP contribution in [0.3, 0.4) is 0 Å². The fourth-order valence-electron chi connectivity index (χ4n) is 2.82. The van der Waals surface area contributed by atoms with Crippen molar-refractivity contribution < 1.29 is 14.3 Å². The van der Waals surface area contributed by atoms with Crippen LogP contribution in [0.5, 0.6) is 11.5 Å². The first kappa shape index (κ1) is 14.7. The minimum atomic E-state index is -0.201. The van der Waals surface area contributed by atoms with E-state index in [-0.39, 0.29) is 12.0 Å². The molecular formula is C17H13N3O3S2. The Morgan fingerprint density at radius 2 is 2.24 bits per heavy atom. The summed E-state index contributed by atoms with van der Waals surface area (Å²) in [5.41, 5.74) is 0.970. The second-order valence-electron chi connectivity index (χ2n) is 5.68. The lowest BCUT2D eigenvalue weighted by atomic mass is 10.2. The van der Waals surface area contributed by atoms with Crippen molar-refractivity contribution in [3.05, 3.63) is 46.8 Å². The number of ether oxygens (including phenoxy) is 2. The summed E-state index contributed by atoms with van der Waals surface area (Å²) in [6, 6.07) is 9.43. The number of nitrogens with one attached hydrogen (secondary N) is 1. The summed E-state index contributed by atoms with van der Waals surface area (Å²) in [6.45, 7) is 0.811. The summed E-state index contributed by atoms with van der Waals surface area (Å²) in [7, 11) is 0. The quantitative estimate of drug-likeness (QED) is 0.601. The lowest BCUT2D eigenvalue weighted by Gasteiger charge is -2.26. The largest absolute Gasteiger partial charge is 0.486 e. The van der Waals surface area contributed by atoms with Crippen molar-refractivity contribution in [3.63, 3.8) is 0 Å². The van der Waals surface area contributed by atoms with E-state index in [1.807, 2.05) is 46.3 Å². The molecule has 0 saturated carbocycles. The molecule has 0 unspecified atom stereocenters. The number of thiazole rings is 1. The number of nitrogens with zero attached hydrogens (tertiary/aromatic N) is 2. The first-order chi connectivity index (χ1) is 12.3. The summed E-state index contributed by atoms with van der Waals surface area (Å²) in [5.74, 6) is 1.34. The standard InChI is InChI=1S/C17H13N3O3S2/c21-15(14-7-11-16(25-14)19-17-20(11)5-6-24-17)18-8-10-9-22-12-3-1-2-4-13(12)23-10/h1-7,10H,8-9H2,(H,18,21)/t10-/m0/s1. The Labute approximate surface area is 150 Å². The van der Waals surface area contributed by atoms with E-state index >= 15 is 0 Å². The van der Waals surface area contributed by atoms with E-state index in [1.165, 1.54) is 11.3 Å². The fourth-order valence-corrected chi connectivity index (χ4v) is 4.53. The number of benzene rings is 1. The molecule has 1 aliphatic rings. The molecule has 0 saturated heterocycles. The summed E-state index contributed by atoms with van der Waals surface area (Å²) in [6.07, 6.45) is 1.77. The van der Waals surface area contributed by atoms with Gasteiger partial charge in [-0.25, -0.2) is 4.98 Å². The number of carbonyl (C=O) groups is 1. The van der Waals surface area contributed by atoms with Crippen molar-refractivity contribution >= 4 is 43.9 Å². The molecule has 0 fully saturated rings. The minimum Gasteiger partial charge on any atom is -0.486 e. The zero-order valence-electron chi connectivity index (χ0n) is 13.0. The van der Waals surface area contributed by atoms with Gasteiger partial charge in [-0.05, 0) is 18.2 Å². The number of thiophene rings is 1. The van der Waals surface area contributed by atoms with Crippen LogP contribution < -0.4 is 14.8 Å². The molecule has 1 amide bonds. The van der Waals surface area contributed by atoms with E-state index in [1.54, 1.807) is 11.3 Å². The number of rotatable bonds is 3. The van der Waals surface area contributed by atoms with E-state index in [9.17, 15) is 4.79 Å². The maximum atomic E-state index is 12.4. The Bertz CT molecular complexity index is 1080. The second kappa shape index (κ2) is 5.75. The number of imidazole rings is 1. The highest BCUT2D eigenvalue weighted by Crippen LogP contribution is 2.31. The second-order valence-corrected chi connectivity index (χ2v) is 7.58. The lowest BCUT2D eigenvalue weighted by Crippen LogP contribution is -2.40. The molecular weight excluding hydrogens is 358 g/mol. The lowest BCUT2D eigenvalue weighted by molar-refractivity contribution is 0.0791. The number of aromatic nitrogens is 2. The van der Waals surface area contributed by atoms with Gasteiger partial charge in [-0.3, -0.25) is 9.20 Å². The van der Waals surface area contributed by atoms with Crippen LogP contribution in [0.15, 0.2) is 41.9 Å². The average Bonchev–Trinajstić information content (AvgIpc) is 3.31. The van der Waals surface area contributed by atoms with Crippen LogP contribution in [-0.4, -0.2) is 34.5 Å². The highest BCUT2D eigenvalue weighted by molar-refractivity contribution is 7.21. The smallest absolute Gasteiger partial charge is 0.261 e. The van der Waals surface area contributed by atoms with Gasteiger partial charge in [0.1, 0.15) is 17.5 Å². The van der Waals surface area contributed by atoms with Gasteiger partial charge in [-0.2, -0.15) is 0 Å². The minimum absolute atomic E-state index is 0.116. The maximum absolute atomic E-state index is 12.4. The number of fused-ring (bicyclic) bond motifs is 4. The molecule has 4 heterocycles. The number of para-hydroxylation sites is 2. The summed E-state index contributed by atoms with van der Waals surface area (Å²) < 4.78 is 13.5. The van der Waals surface area contributed by atoms with Crippen molar-refractivity contribution in [1.82, 2.24) is 14.7 Å². The van der Waals surface area contributed by atoms with Crippen LogP contribution in [0.25, 0.3) is 15.3 Å². The van der Waals surface area contributed by atoms with Gasteiger partial charge in [0.05, 0.1) is 16.9 Å². The number of amides is 1. The van der Waals surface area contributed by atoms with Crippen molar-refractivity contribution in [2.45, 2.75) is 6.10 Å². The molecule has 8 heteroatoms. The SMILES string of the molecule is O=C(NC[C@H]1COc2ccccc2O1)c1cc2c(nc3sccn32)s1. The van der Waals surface area contributed by atoms with Crippen molar-refractivity contribution in [3.8, 4) is 11.5 Å². The molecule has 5 rings (SSSR count). The van der Waals surface area contributed by atoms with Gasteiger partial charge >= 0.3 is 0 Å². The first-order valence-electron chi connectivity index (χ1n) is 7.80. The zero-order valence-corrected chi connectivity index (χ0v) is 14.6. The molecule has 6 nitrogen and oxygen atoms in total. The topological polar surface area (TPSA) is 64.9 Å². The molecule has 3 aromatic heterocycles. The summed E-state index contributed by atoms with van der Waals surface area (Å²) in [5, 5.41) is 4.91. The Morgan fingerprint density at radius 1 is 1.36 bits per heavy atom. The van der Waals surface area contributed by atoms with Crippen LogP contribution in [0.2, 0.25) is 0 Å². The number of hydrogen-bond donors (Lipinski definition) is 1. The Hall–Kier alpha value is -2.58. The molecule has 1 N–H and O–H groups in total. The Morgan fingerprint density at radius 3 is 3.16 bits per heavy atom. The maximum Gasteiger partial charge on any atom is 0.261 e. The molecule has 0 aliphatic carbocycles. The highest BCUT2D eigenvalue weighted by atomic mass is 32.1. The van der Waals surface area contributed by atoms with Crippen molar-refractivity contribution in [1.29, 1.82) is 0 Å². The van der Waals surface area contributed by atoms with E-state index in [0.717, 1.165) is 21.1 Å². The van der Waals surface area contributed by atoms with Gasteiger partial charge in [0, 0.05) is 11.6 Å². The van der Waals surface area contributed by atoms with Crippen LogP contribution >= 0.6 is 22.7 Å². The van der Waals surface area contributed by atoms with E-state index in [0.29, 0.717) is 23.8 Å². The van der Waals surface area contributed by atoms with E-state index < -0.39 is 0 Å². The van der Waals surface area contributed by atoms with Crippen LogP contribution in [0, 0.1) is 0 Å². The predicted octanol–water partition coefficient (Wildman–Crippen LogP) is 3.18. The Balaban J connectivity index is 1.28. The molecule has 0 radical (unpaired) electrons. The summed E-state index contributed by atoms with van der Waals surface area (Å²) in [4.78, 5) is 19.4. The third kappa shape index (κ3) is 2.54. The third-order valence-electron chi connectivity index (χ3n) is 4.02. The molecule has 25 heavy (non-hydrogen) atoms. The molecule has 1 aromatic carbocycles. The fraction of sp³-hybridized carbons (Fsp3) is 0.176. The average molecular weight is 371 g/mol. The zero-order chi connectivity index (χ0) is 16.8. The van der Waals surface area contributed by atoms with Gasteiger partial charge in [0.15, 0.2) is 16.5 Å². The van der Waals surface area contributed by atoms with Crippen molar-refractivity contribution in [2.24, 2.45) is 0 Å². The third-order valence-corrected chi connectivity index (χ3v) is 5.79. The molecule has 126 valence electrons. The predicted molar refractivity (Wildman–Crippen MR) is 97.1 cm³/mol. The molecule has 4 aromatic rings. The van der Waals surface area contributed by atoms with Gasteiger partial charge in [0.25, 0.3) is 5.91 Å². The molecule has 1 aliphatic heterocycles. The van der Waals surface area contributed by atoms with Gasteiger partial charge in [0.2, 0.25) is 0 Å².